The Kier molecular flexibility index (Phi) is 17.3. The van der Waals surface area contributed by atoms with Crippen LogP contribution in [0.2, 0.25) is 0 Å². The summed E-state index contributed by atoms with van der Waals surface area (Å²) >= 11 is 0. The lowest BCUT2D eigenvalue weighted by Crippen LogP contribution is -2.17. The van der Waals surface area contributed by atoms with Gasteiger partial charge in [-0.3, -0.25) is 4.79 Å². The van der Waals surface area contributed by atoms with Gasteiger partial charge in [0.1, 0.15) is 11.5 Å². The highest BCUT2D eigenvalue weighted by atomic mass is 16.4. The molecular weight excluding hydrogens is 556 g/mol. The van der Waals surface area contributed by atoms with Crippen molar-refractivity contribution in [1.82, 2.24) is 0 Å². The van der Waals surface area contributed by atoms with E-state index in [0.717, 1.165) is 40.7 Å². The number of aromatic hydroxyl groups is 2. The lowest BCUT2D eigenvalue weighted by molar-refractivity contribution is -0.142. The van der Waals surface area contributed by atoms with Crippen molar-refractivity contribution in [1.29, 1.82) is 0 Å². The quantitative estimate of drug-likeness (QED) is 0.0877. The second kappa shape index (κ2) is 21.5. The molecule has 45 heavy (non-hydrogen) atoms. The monoisotopic (exact) mass is 614 g/mol. The summed E-state index contributed by atoms with van der Waals surface area (Å²) in [6.45, 7) is 2.28. The minimum Gasteiger partial charge on any atom is -0.508 e. The number of carboxylic acids is 1. The van der Waals surface area contributed by atoms with E-state index >= 15 is 0 Å². The van der Waals surface area contributed by atoms with Crippen LogP contribution < -0.4 is 0 Å². The molecule has 0 aliphatic carbocycles. The van der Waals surface area contributed by atoms with Crippen molar-refractivity contribution in [2.24, 2.45) is 5.92 Å². The zero-order valence-electron chi connectivity index (χ0n) is 27.8. The normalized spacial score (nSPS) is 11.9. The lowest BCUT2D eigenvalue weighted by Gasteiger charge is -2.19. The molecule has 0 aromatic heterocycles. The number of aliphatic carboxylic acids is 1. The molecule has 0 saturated heterocycles. The number of phenols is 2. The highest BCUT2D eigenvalue weighted by molar-refractivity contribution is 5.86. The molecular formula is C41H58O4. The number of benzene rings is 3. The SMILES string of the molecule is CCCCCCCCCCCCCCCCCCCCC(Cc1cccc(-c2ccc(O)cc2)c1-c1ccc(O)cc1)C(=O)O. The maximum Gasteiger partial charge on any atom is 0.306 e. The molecule has 0 aliphatic heterocycles. The van der Waals surface area contributed by atoms with Crippen LogP contribution in [-0.2, 0) is 11.2 Å². The van der Waals surface area contributed by atoms with Crippen molar-refractivity contribution < 1.29 is 20.1 Å². The van der Waals surface area contributed by atoms with Gasteiger partial charge >= 0.3 is 5.97 Å². The molecule has 246 valence electrons. The third-order valence-electron chi connectivity index (χ3n) is 9.21. The molecule has 0 saturated carbocycles. The summed E-state index contributed by atoms with van der Waals surface area (Å²) in [5, 5.41) is 29.8. The lowest BCUT2D eigenvalue weighted by atomic mass is 9.85. The summed E-state index contributed by atoms with van der Waals surface area (Å²) in [5.74, 6) is -0.790. The van der Waals surface area contributed by atoms with Crippen LogP contribution in [0.4, 0.5) is 0 Å². The Hall–Kier alpha value is -3.27. The van der Waals surface area contributed by atoms with Gasteiger partial charge in [0.25, 0.3) is 0 Å². The van der Waals surface area contributed by atoms with Gasteiger partial charge in [-0.15, -0.1) is 0 Å². The van der Waals surface area contributed by atoms with Gasteiger partial charge in [0.2, 0.25) is 0 Å². The first-order valence-electron chi connectivity index (χ1n) is 17.9. The van der Waals surface area contributed by atoms with E-state index < -0.39 is 11.9 Å². The molecule has 1 unspecified atom stereocenters. The van der Waals surface area contributed by atoms with Gasteiger partial charge in [-0.1, -0.05) is 165 Å². The van der Waals surface area contributed by atoms with Gasteiger partial charge in [-0.2, -0.15) is 0 Å². The Morgan fingerprint density at radius 1 is 0.556 bits per heavy atom. The highest BCUT2D eigenvalue weighted by Gasteiger charge is 2.21. The molecule has 3 N–H and O–H groups in total. The van der Waals surface area contributed by atoms with Crippen molar-refractivity contribution in [2.45, 2.75) is 135 Å². The van der Waals surface area contributed by atoms with Crippen LogP contribution in [0.15, 0.2) is 66.7 Å². The molecule has 1 atom stereocenters. The van der Waals surface area contributed by atoms with E-state index in [0.29, 0.717) is 12.8 Å². The van der Waals surface area contributed by atoms with Crippen molar-refractivity contribution >= 4 is 5.97 Å². The predicted molar refractivity (Wildman–Crippen MR) is 189 cm³/mol. The fourth-order valence-electron chi connectivity index (χ4n) is 6.49. The molecule has 0 spiro atoms. The fraction of sp³-hybridized carbons (Fsp3) is 0.537. The van der Waals surface area contributed by atoms with Crippen molar-refractivity contribution in [3.8, 4) is 33.8 Å². The molecule has 4 heteroatoms. The molecule has 3 rings (SSSR count). The summed E-state index contributed by atoms with van der Waals surface area (Å²) in [5.41, 5.74) is 4.83. The summed E-state index contributed by atoms with van der Waals surface area (Å²) in [7, 11) is 0. The maximum atomic E-state index is 12.3. The smallest absolute Gasteiger partial charge is 0.306 e. The van der Waals surface area contributed by atoms with Gasteiger partial charge in [-0.25, -0.2) is 0 Å². The first-order valence-corrected chi connectivity index (χ1v) is 17.9. The Morgan fingerprint density at radius 2 is 0.978 bits per heavy atom. The third-order valence-corrected chi connectivity index (χ3v) is 9.21. The van der Waals surface area contributed by atoms with E-state index in [9.17, 15) is 20.1 Å². The Morgan fingerprint density at radius 3 is 1.42 bits per heavy atom. The number of hydrogen-bond donors (Lipinski definition) is 3. The molecule has 4 nitrogen and oxygen atoms in total. The molecule has 3 aromatic carbocycles. The van der Waals surface area contributed by atoms with Gasteiger partial charge < -0.3 is 15.3 Å². The molecule has 0 heterocycles. The van der Waals surface area contributed by atoms with Gasteiger partial charge in [-0.05, 0) is 64.9 Å². The second-order valence-electron chi connectivity index (χ2n) is 13.0. The average molecular weight is 615 g/mol. The molecule has 0 fully saturated rings. The second-order valence-corrected chi connectivity index (χ2v) is 13.0. The fourth-order valence-corrected chi connectivity index (χ4v) is 6.49. The number of hydrogen-bond acceptors (Lipinski definition) is 3. The number of unbranched alkanes of at least 4 members (excludes halogenated alkanes) is 17. The topological polar surface area (TPSA) is 77.8 Å². The average Bonchev–Trinajstić information content (AvgIpc) is 3.04. The first-order chi connectivity index (χ1) is 22.0. The van der Waals surface area contributed by atoms with E-state index in [1.54, 1.807) is 24.3 Å². The Labute approximate surface area is 272 Å². The van der Waals surface area contributed by atoms with E-state index in [-0.39, 0.29) is 11.5 Å². The van der Waals surface area contributed by atoms with Crippen LogP contribution in [-0.4, -0.2) is 21.3 Å². The van der Waals surface area contributed by atoms with Crippen LogP contribution in [0.25, 0.3) is 22.3 Å². The van der Waals surface area contributed by atoms with E-state index in [1.807, 2.05) is 42.5 Å². The van der Waals surface area contributed by atoms with Crippen LogP contribution >= 0.6 is 0 Å². The van der Waals surface area contributed by atoms with Crippen LogP contribution in [0.5, 0.6) is 11.5 Å². The molecule has 0 radical (unpaired) electrons. The van der Waals surface area contributed by atoms with Crippen molar-refractivity contribution in [3.63, 3.8) is 0 Å². The van der Waals surface area contributed by atoms with Crippen LogP contribution in [0, 0.1) is 5.92 Å². The zero-order chi connectivity index (χ0) is 32.1. The Balaban J connectivity index is 1.39. The van der Waals surface area contributed by atoms with Gasteiger partial charge in [0.05, 0.1) is 5.92 Å². The summed E-state index contributed by atoms with van der Waals surface area (Å²) < 4.78 is 0. The predicted octanol–water partition coefficient (Wildman–Crippen LogP) is 12.1. The summed E-state index contributed by atoms with van der Waals surface area (Å²) in [4.78, 5) is 12.3. The molecule has 0 amide bonds. The Bertz CT molecular complexity index is 1220. The number of rotatable bonds is 24. The van der Waals surface area contributed by atoms with Crippen LogP contribution in [0.1, 0.15) is 134 Å². The zero-order valence-corrected chi connectivity index (χ0v) is 27.8. The maximum absolute atomic E-state index is 12.3. The number of carboxylic acid groups (broad SMARTS) is 1. The first kappa shape index (κ1) is 36.2. The van der Waals surface area contributed by atoms with E-state index in [1.165, 1.54) is 103 Å². The molecule has 3 aromatic rings. The summed E-state index contributed by atoms with van der Waals surface area (Å²) in [6.07, 6.45) is 24.9. The standard InChI is InChI=1S/C41H58O4/c1-2-3-4-5-6-7-8-9-10-11-12-13-14-15-16-17-18-19-21-36(41(44)45)32-35-22-20-23-39(33-24-28-37(42)29-25-33)40(35)34-26-30-38(43)31-27-34/h20,22-31,36,42-43H,2-19,21,32H2,1H3,(H,44,45). The van der Waals surface area contributed by atoms with Crippen LogP contribution in [0.3, 0.4) is 0 Å². The number of phenolic OH excluding ortho intramolecular Hbond substituents is 2. The van der Waals surface area contributed by atoms with E-state index in [4.69, 9.17) is 0 Å². The largest absolute Gasteiger partial charge is 0.508 e. The van der Waals surface area contributed by atoms with Gasteiger partial charge in [0, 0.05) is 0 Å². The van der Waals surface area contributed by atoms with E-state index in [2.05, 4.69) is 6.92 Å². The van der Waals surface area contributed by atoms with Crippen molar-refractivity contribution in [2.75, 3.05) is 0 Å². The van der Waals surface area contributed by atoms with Crippen molar-refractivity contribution in [3.05, 3.63) is 72.3 Å². The minimum atomic E-state index is -0.742. The highest BCUT2D eigenvalue weighted by Crippen LogP contribution is 2.37. The van der Waals surface area contributed by atoms with Gasteiger partial charge in [0.15, 0.2) is 0 Å². The minimum absolute atomic E-state index is 0.194. The summed E-state index contributed by atoms with van der Waals surface area (Å²) in [6, 6.07) is 20.2. The third kappa shape index (κ3) is 13.7. The molecule has 0 aliphatic rings. The number of carbonyl (C=O) groups is 1. The molecule has 0 bridgehead atoms.